The number of aromatic hydroxyl groups is 1. The molecule has 5 nitrogen and oxygen atoms in total. The molecule has 0 spiro atoms. The van der Waals surface area contributed by atoms with Crippen molar-refractivity contribution in [1.29, 1.82) is 0 Å². The molecule has 3 rings (SSSR count). The van der Waals surface area contributed by atoms with Crippen molar-refractivity contribution in [3.63, 3.8) is 0 Å². The van der Waals surface area contributed by atoms with Crippen molar-refractivity contribution in [2.75, 3.05) is 0 Å². The summed E-state index contributed by atoms with van der Waals surface area (Å²) in [4.78, 5) is 25.8. The predicted molar refractivity (Wildman–Crippen MR) is 106 cm³/mol. The Morgan fingerprint density at radius 3 is 1.85 bits per heavy atom. The van der Waals surface area contributed by atoms with Crippen molar-refractivity contribution in [3.8, 4) is 5.75 Å². The molecule has 0 bridgehead atoms. The van der Waals surface area contributed by atoms with Gasteiger partial charge in [0.25, 0.3) is 11.8 Å². The molecular weight excluding hydrogens is 340 g/mol. The van der Waals surface area contributed by atoms with Gasteiger partial charge in [0, 0.05) is 12.1 Å². The number of amides is 2. The van der Waals surface area contributed by atoms with Crippen LogP contribution in [0.5, 0.6) is 5.75 Å². The fourth-order valence-electron chi connectivity index (χ4n) is 4.04. The van der Waals surface area contributed by atoms with Crippen LogP contribution in [0.4, 0.5) is 0 Å². The third kappa shape index (κ3) is 5.84. The Kier molecular flexibility index (Phi) is 6.91. The van der Waals surface area contributed by atoms with Gasteiger partial charge in [-0.05, 0) is 49.5 Å². The number of phenols is 1. The minimum atomic E-state index is -0.321. The molecule has 3 N–H and O–H groups in total. The van der Waals surface area contributed by atoms with Gasteiger partial charge in [-0.1, -0.05) is 50.7 Å². The van der Waals surface area contributed by atoms with Gasteiger partial charge in [-0.15, -0.1) is 0 Å². The quantitative estimate of drug-likeness (QED) is 0.420. The van der Waals surface area contributed by atoms with Crippen LogP contribution < -0.4 is 10.6 Å². The Hall–Kier alpha value is -2.30. The van der Waals surface area contributed by atoms with Gasteiger partial charge in [-0.2, -0.15) is 0 Å². The van der Waals surface area contributed by atoms with E-state index < -0.39 is 0 Å². The molecule has 2 fully saturated rings. The lowest BCUT2D eigenvalue weighted by atomic mass is 9.94. The summed E-state index contributed by atoms with van der Waals surface area (Å²) in [5.74, 6) is -0.527. The lowest BCUT2D eigenvalue weighted by Crippen LogP contribution is -2.43. The Balaban J connectivity index is 1.76. The topological polar surface area (TPSA) is 78.4 Å². The van der Waals surface area contributed by atoms with Crippen LogP contribution in [-0.2, 0) is 9.59 Å². The van der Waals surface area contributed by atoms with Crippen LogP contribution in [0.1, 0.15) is 69.8 Å². The van der Waals surface area contributed by atoms with Crippen molar-refractivity contribution in [1.82, 2.24) is 10.6 Å². The normalized spacial score (nSPS) is 18.5. The van der Waals surface area contributed by atoms with Gasteiger partial charge in [0.05, 0.1) is 0 Å². The van der Waals surface area contributed by atoms with Gasteiger partial charge in [-0.25, -0.2) is 0 Å². The minimum Gasteiger partial charge on any atom is -0.508 e. The molecule has 0 aliphatic heterocycles. The number of carbonyl (C=O) groups excluding carboxylic acids is 2. The first-order valence-corrected chi connectivity index (χ1v) is 10.2. The number of carbonyl (C=O) groups is 2. The SMILES string of the molecule is O=C(NC1CCCCC1)C(=Cc1cccc(O)c1)C(=O)NC1CCCCC1. The second-order valence-electron chi connectivity index (χ2n) is 7.77. The molecular formula is C22H30N2O3. The summed E-state index contributed by atoms with van der Waals surface area (Å²) in [6, 6.07) is 6.89. The molecule has 0 unspecified atom stereocenters. The predicted octanol–water partition coefficient (Wildman–Crippen LogP) is 3.67. The number of benzene rings is 1. The van der Waals surface area contributed by atoms with Crippen LogP contribution in [0.25, 0.3) is 6.08 Å². The molecule has 5 heteroatoms. The van der Waals surface area contributed by atoms with Crippen LogP contribution in [-0.4, -0.2) is 29.0 Å². The van der Waals surface area contributed by atoms with Crippen LogP contribution in [0.2, 0.25) is 0 Å². The van der Waals surface area contributed by atoms with E-state index in [4.69, 9.17) is 0 Å². The third-order valence-electron chi connectivity index (χ3n) is 5.55. The summed E-state index contributed by atoms with van der Waals surface area (Å²) >= 11 is 0. The molecule has 0 radical (unpaired) electrons. The maximum atomic E-state index is 12.9. The molecule has 0 heterocycles. The molecule has 1 aromatic carbocycles. The van der Waals surface area contributed by atoms with Crippen molar-refractivity contribution in [3.05, 3.63) is 35.4 Å². The Bertz CT molecular complexity index is 653. The highest BCUT2D eigenvalue weighted by molar-refractivity contribution is 6.21. The number of hydrogen-bond acceptors (Lipinski definition) is 3. The molecule has 1 aromatic rings. The zero-order valence-corrected chi connectivity index (χ0v) is 15.9. The second kappa shape index (κ2) is 9.58. The molecule has 2 aliphatic carbocycles. The van der Waals surface area contributed by atoms with E-state index in [1.54, 1.807) is 30.3 Å². The Morgan fingerprint density at radius 1 is 0.852 bits per heavy atom. The van der Waals surface area contributed by atoms with Gasteiger partial charge in [0.2, 0.25) is 0 Å². The number of phenolic OH excluding ortho intramolecular Hbond substituents is 1. The van der Waals surface area contributed by atoms with E-state index >= 15 is 0 Å². The lowest BCUT2D eigenvalue weighted by Gasteiger charge is -2.25. The van der Waals surface area contributed by atoms with Crippen molar-refractivity contribution in [2.24, 2.45) is 0 Å². The van der Waals surface area contributed by atoms with E-state index in [1.807, 2.05) is 0 Å². The molecule has 0 aromatic heterocycles. The van der Waals surface area contributed by atoms with Crippen LogP contribution in [0.15, 0.2) is 29.8 Å². The molecule has 2 saturated carbocycles. The van der Waals surface area contributed by atoms with Crippen molar-refractivity contribution >= 4 is 17.9 Å². The van der Waals surface area contributed by atoms with Crippen molar-refractivity contribution in [2.45, 2.75) is 76.3 Å². The third-order valence-corrected chi connectivity index (χ3v) is 5.55. The molecule has 0 saturated heterocycles. The average Bonchev–Trinajstić information content (AvgIpc) is 2.67. The zero-order valence-electron chi connectivity index (χ0n) is 15.9. The first kappa shape index (κ1) is 19.5. The number of rotatable bonds is 5. The van der Waals surface area contributed by atoms with Crippen LogP contribution in [0.3, 0.4) is 0 Å². The van der Waals surface area contributed by atoms with Gasteiger partial charge in [-0.3, -0.25) is 9.59 Å². The van der Waals surface area contributed by atoms with E-state index in [2.05, 4.69) is 10.6 Å². The zero-order chi connectivity index (χ0) is 19.1. The fraction of sp³-hybridized carbons (Fsp3) is 0.545. The summed E-state index contributed by atoms with van der Waals surface area (Å²) in [6.45, 7) is 0. The first-order chi connectivity index (χ1) is 13.1. The second-order valence-corrected chi connectivity index (χ2v) is 7.77. The molecule has 146 valence electrons. The molecule has 2 amide bonds. The first-order valence-electron chi connectivity index (χ1n) is 10.2. The van der Waals surface area contributed by atoms with Crippen LogP contribution >= 0.6 is 0 Å². The highest BCUT2D eigenvalue weighted by Crippen LogP contribution is 2.20. The maximum Gasteiger partial charge on any atom is 0.257 e. The van der Waals surface area contributed by atoms with Gasteiger partial charge in [0.1, 0.15) is 11.3 Å². The largest absolute Gasteiger partial charge is 0.508 e. The van der Waals surface area contributed by atoms with Gasteiger partial charge >= 0.3 is 0 Å². The van der Waals surface area contributed by atoms with E-state index in [-0.39, 0.29) is 35.2 Å². The summed E-state index contributed by atoms with van der Waals surface area (Å²) in [6.07, 6.45) is 12.3. The van der Waals surface area contributed by atoms with Gasteiger partial charge in [0.15, 0.2) is 0 Å². The molecule has 27 heavy (non-hydrogen) atoms. The lowest BCUT2D eigenvalue weighted by molar-refractivity contribution is -0.124. The average molecular weight is 370 g/mol. The van der Waals surface area contributed by atoms with E-state index in [0.717, 1.165) is 51.4 Å². The minimum absolute atomic E-state index is 0.114. The van der Waals surface area contributed by atoms with E-state index in [0.29, 0.717) is 5.56 Å². The summed E-state index contributed by atoms with van der Waals surface area (Å²) in [5.41, 5.74) is 0.763. The van der Waals surface area contributed by atoms with Gasteiger partial charge < -0.3 is 15.7 Å². The highest BCUT2D eigenvalue weighted by Gasteiger charge is 2.25. The van der Waals surface area contributed by atoms with E-state index in [1.165, 1.54) is 12.8 Å². The maximum absolute atomic E-state index is 12.9. The summed E-state index contributed by atoms with van der Waals surface area (Å²) in [7, 11) is 0. The fourth-order valence-corrected chi connectivity index (χ4v) is 4.04. The Morgan fingerprint density at radius 2 is 1.37 bits per heavy atom. The number of nitrogens with one attached hydrogen (secondary N) is 2. The summed E-state index contributed by atoms with van der Waals surface area (Å²) in [5, 5.41) is 15.8. The smallest absolute Gasteiger partial charge is 0.257 e. The van der Waals surface area contributed by atoms with E-state index in [9.17, 15) is 14.7 Å². The number of hydrogen-bond donors (Lipinski definition) is 3. The highest BCUT2D eigenvalue weighted by atomic mass is 16.3. The van der Waals surface area contributed by atoms with Crippen molar-refractivity contribution < 1.29 is 14.7 Å². The Labute approximate surface area is 161 Å². The molecule has 0 atom stereocenters. The summed E-state index contributed by atoms with van der Waals surface area (Å²) < 4.78 is 0. The molecule has 2 aliphatic rings. The monoisotopic (exact) mass is 370 g/mol. The van der Waals surface area contributed by atoms with Crippen LogP contribution in [0, 0.1) is 0 Å². The standard InChI is InChI=1S/C22H30N2O3/c25-19-13-7-8-16(14-19)15-20(21(26)23-17-9-3-1-4-10-17)22(27)24-18-11-5-2-6-12-18/h7-8,13-15,17-18,25H,1-6,9-12H2,(H,23,26)(H,24,27).